The highest BCUT2D eigenvalue weighted by atomic mass is 16.5. The summed E-state index contributed by atoms with van der Waals surface area (Å²) in [6.45, 7) is 10.5. The van der Waals surface area contributed by atoms with Crippen LogP contribution in [0.25, 0.3) is 0 Å². The lowest BCUT2D eigenvalue weighted by atomic mass is 9.92. The SMILES string of the molecule is COC(=O)[C@](C)(CCCCC(C)C)NC(C)C. The molecule has 0 aromatic carbocycles. The average Bonchev–Trinajstić information content (AvgIpc) is 2.22. The van der Waals surface area contributed by atoms with Crippen molar-refractivity contribution in [1.29, 1.82) is 0 Å². The molecule has 0 aliphatic carbocycles. The number of ether oxygens (including phenoxy) is 1. The first kappa shape index (κ1) is 16.4. The molecule has 102 valence electrons. The summed E-state index contributed by atoms with van der Waals surface area (Å²) < 4.78 is 4.89. The zero-order chi connectivity index (χ0) is 13.5. The Morgan fingerprint density at radius 3 is 2.24 bits per heavy atom. The molecule has 0 fully saturated rings. The fourth-order valence-corrected chi connectivity index (χ4v) is 2.13. The maximum atomic E-state index is 11.8. The van der Waals surface area contributed by atoms with Gasteiger partial charge in [0.2, 0.25) is 0 Å². The molecule has 0 rings (SSSR count). The molecule has 0 saturated heterocycles. The van der Waals surface area contributed by atoms with Crippen LogP contribution in [0.4, 0.5) is 0 Å². The highest BCUT2D eigenvalue weighted by molar-refractivity contribution is 5.80. The monoisotopic (exact) mass is 243 g/mol. The number of carbonyl (C=O) groups excluding carboxylic acids is 1. The van der Waals surface area contributed by atoms with Gasteiger partial charge in [-0.15, -0.1) is 0 Å². The van der Waals surface area contributed by atoms with Crippen LogP contribution in [-0.2, 0) is 9.53 Å². The molecule has 0 radical (unpaired) electrons. The Kier molecular flexibility index (Phi) is 7.44. The van der Waals surface area contributed by atoms with Crippen LogP contribution < -0.4 is 5.32 Å². The van der Waals surface area contributed by atoms with Gasteiger partial charge in [-0.1, -0.05) is 33.1 Å². The van der Waals surface area contributed by atoms with E-state index in [-0.39, 0.29) is 12.0 Å². The largest absolute Gasteiger partial charge is 0.468 e. The van der Waals surface area contributed by atoms with Crippen LogP contribution in [0.15, 0.2) is 0 Å². The Labute approximate surface area is 106 Å². The minimum atomic E-state index is -0.542. The van der Waals surface area contributed by atoms with E-state index in [0.717, 1.165) is 18.8 Å². The zero-order valence-corrected chi connectivity index (χ0v) is 12.3. The Balaban J connectivity index is 4.24. The van der Waals surface area contributed by atoms with Crippen molar-refractivity contribution in [2.75, 3.05) is 7.11 Å². The molecule has 0 aliphatic heterocycles. The Hall–Kier alpha value is -0.570. The molecule has 0 unspecified atom stereocenters. The highest BCUT2D eigenvalue weighted by Gasteiger charge is 2.33. The quantitative estimate of drug-likeness (QED) is 0.526. The van der Waals surface area contributed by atoms with Gasteiger partial charge in [0, 0.05) is 6.04 Å². The molecule has 0 aliphatic rings. The fraction of sp³-hybridized carbons (Fsp3) is 0.929. The van der Waals surface area contributed by atoms with E-state index in [2.05, 4.69) is 33.0 Å². The van der Waals surface area contributed by atoms with E-state index in [1.165, 1.54) is 20.0 Å². The van der Waals surface area contributed by atoms with Gasteiger partial charge in [-0.2, -0.15) is 0 Å². The second-order valence-electron chi connectivity index (χ2n) is 5.76. The van der Waals surface area contributed by atoms with E-state index in [1.54, 1.807) is 0 Å². The van der Waals surface area contributed by atoms with Gasteiger partial charge >= 0.3 is 5.97 Å². The van der Waals surface area contributed by atoms with Crippen LogP contribution >= 0.6 is 0 Å². The van der Waals surface area contributed by atoms with Crippen LogP contribution in [0.3, 0.4) is 0 Å². The van der Waals surface area contributed by atoms with Crippen molar-refractivity contribution < 1.29 is 9.53 Å². The van der Waals surface area contributed by atoms with E-state index in [1.807, 2.05) is 6.92 Å². The van der Waals surface area contributed by atoms with Gasteiger partial charge in [-0.25, -0.2) is 0 Å². The third-order valence-electron chi connectivity index (χ3n) is 2.95. The molecule has 0 aromatic rings. The van der Waals surface area contributed by atoms with E-state index in [4.69, 9.17) is 4.74 Å². The fourth-order valence-electron chi connectivity index (χ4n) is 2.13. The average molecular weight is 243 g/mol. The summed E-state index contributed by atoms with van der Waals surface area (Å²) in [5, 5.41) is 3.32. The summed E-state index contributed by atoms with van der Waals surface area (Å²) in [6.07, 6.45) is 4.29. The van der Waals surface area contributed by atoms with Crippen molar-refractivity contribution in [1.82, 2.24) is 5.32 Å². The van der Waals surface area contributed by atoms with Crippen molar-refractivity contribution >= 4 is 5.97 Å². The van der Waals surface area contributed by atoms with Crippen molar-refractivity contribution in [3.8, 4) is 0 Å². The molecule has 1 atom stereocenters. The smallest absolute Gasteiger partial charge is 0.325 e. The van der Waals surface area contributed by atoms with Crippen molar-refractivity contribution in [3.05, 3.63) is 0 Å². The van der Waals surface area contributed by atoms with Crippen LogP contribution in [0.5, 0.6) is 0 Å². The van der Waals surface area contributed by atoms with E-state index < -0.39 is 5.54 Å². The molecule has 17 heavy (non-hydrogen) atoms. The van der Waals surface area contributed by atoms with E-state index in [0.29, 0.717) is 0 Å². The Morgan fingerprint density at radius 2 is 1.82 bits per heavy atom. The minimum absolute atomic E-state index is 0.157. The van der Waals surface area contributed by atoms with Gasteiger partial charge in [0.1, 0.15) is 5.54 Å². The molecule has 0 saturated carbocycles. The number of esters is 1. The van der Waals surface area contributed by atoms with Crippen LogP contribution in [0.1, 0.15) is 60.3 Å². The van der Waals surface area contributed by atoms with Gasteiger partial charge in [-0.05, 0) is 33.1 Å². The lowest BCUT2D eigenvalue weighted by Gasteiger charge is -2.30. The van der Waals surface area contributed by atoms with Gasteiger partial charge in [0.25, 0.3) is 0 Å². The van der Waals surface area contributed by atoms with Gasteiger partial charge in [-0.3, -0.25) is 10.1 Å². The summed E-state index contributed by atoms with van der Waals surface area (Å²) in [4.78, 5) is 11.8. The number of hydrogen-bond donors (Lipinski definition) is 1. The van der Waals surface area contributed by atoms with Gasteiger partial charge in [0.15, 0.2) is 0 Å². The molecule has 1 N–H and O–H groups in total. The summed E-state index contributed by atoms with van der Waals surface area (Å²) >= 11 is 0. The number of carbonyl (C=O) groups is 1. The van der Waals surface area contributed by atoms with E-state index >= 15 is 0 Å². The lowest BCUT2D eigenvalue weighted by molar-refractivity contribution is -0.148. The van der Waals surface area contributed by atoms with Crippen molar-refractivity contribution in [2.45, 2.75) is 71.9 Å². The molecule has 0 spiro atoms. The van der Waals surface area contributed by atoms with Crippen LogP contribution in [-0.4, -0.2) is 24.7 Å². The highest BCUT2D eigenvalue weighted by Crippen LogP contribution is 2.19. The third-order valence-corrected chi connectivity index (χ3v) is 2.95. The predicted octanol–water partition coefficient (Wildman–Crippen LogP) is 3.13. The molecular weight excluding hydrogens is 214 g/mol. The van der Waals surface area contributed by atoms with E-state index in [9.17, 15) is 4.79 Å². The van der Waals surface area contributed by atoms with Crippen LogP contribution in [0, 0.1) is 5.92 Å². The molecule has 3 nitrogen and oxygen atoms in total. The molecule has 0 aromatic heterocycles. The first-order valence-corrected chi connectivity index (χ1v) is 6.68. The minimum Gasteiger partial charge on any atom is -0.468 e. The Bertz CT molecular complexity index is 226. The number of rotatable bonds is 8. The standard InChI is InChI=1S/C14H29NO2/c1-11(2)9-7-8-10-14(5,13(16)17-6)15-12(3)4/h11-12,15H,7-10H2,1-6H3/t14-/m0/s1. The number of hydrogen-bond acceptors (Lipinski definition) is 3. The topological polar surface area (TPSA) is 38.3 Å². The summed E-state index contributed by atoms with van der Waals surface area (Å²) in [5.41, 5.74) is -0.542. The first-order chi connectivity index (χ1) is 7.81. The predicted molar refractivity (Wildman–Crippen MR) is 72.0 cm³/mol. The third kappa shape index (κ3) is 6.67. The molecule has 3 heteroatoms. The summed E-state index contributed by atoms with van der Waals surface area (Å²) in [6, 6.07) is 0.282. The van der Waals surface area contributed by atoms with Gasteiger partial charge < -0.3 is 4.74 Å². The van der Waals surface area contributed by atoms with Crippen molar-refractivity contribution in [3.63, 3.8) is 0 Å². The molecule has 0 heterocycles. The summed E-state index contributed by atoms with van der Waals surface area (Å²) in [5.74, 6) is 0.577. The zero-order valence-electron chi connectivity index (χ0n) is 12.3. The van der Waals surface area contributed by atoms with Crippen molar-refractivity contribution in [2.24, 2.45) is 5.92 Å². The normalized spacial score (nSPS) is 15.1. The first-order valence-electron chi connectivity index (χ1n) is 6.68. The maximum Gasteiger partial charge on any atom is 0.325 e. The Morgan fingerprint density at radius 1 is 1.24 bits per heavy atom. The molecule has 0 amide bonds. The second kappa shape index (κ2) is 7.70. The molecular formula is C14H29NO2. The summed E-state index contributed by atoms with van der Waals surface area (Å²) in [7, 11) is 1.46. The lowest BCUT2D eigenvalue weighted by Crippen LogP contribution is -2.52. The molecule has 0 bridgehead atoms. The maximum absolute atomic E-state index is 11.8. The number of methoxy groups -OCH3 is 1. The second-order valence-corrected chi connectivity index (χ2v) is 5.76. The van der Waals surface area contributed by atoms with Gasteiger partial charge in [0.05, 0.1) is 7.11 Å². The van der Waals surface area contributed by atoms with Crippen LogP contribution in [0.2, 0.25) is 0 Å². The number of unbranched alkanes of at least 4 members (excludes halogenated alkanes) is 1. The number of nitrogens with one attached hydrogen (secondary N) is 1.